The van der Waals surface area contributed by atoms with Gasteiger partial charge in [0.05, 0.1) is 12.0 Å². The second kappa shape index (κ2) is 7.39. The average molecular weight is 413 g/mol. The number of hydrogen-bond acceptors (Lipinski definition) is 5. The molecule has 4 aliphatic carbocycles. The van der Waals surface area contributed by atoms with Crippen molar-refractivity contribution in [1.82, 2.24) is 9.80 Å². The molecule has 0 aromatic heterocycles. The first-order chi connectivity index (χ1) is 13.3. The molecule has 1 heterocycles. The quantitative estimate of drug-likeness (QED) is 0.523. The Bertz CT molecular complexity index is 647. The van der Waals surface area contributed by atoms with Crippen molar-refractivity contribution in [3.8, 4) is 0 Å². The highest BCUT2D eigenvalue weighted by Gasteiger charge is 2.60. The van der Waals surface area contributed by atoms with Crippen LogP contribution in [0.25, 0.3) is 0 Å². The fourth-order valence-corrected chi connectivity index (χ4v) is 6.81. The lowest BCUT2D eigenvalue weighted by Gasteiger charge is -2.58. The monoisotopic (exact) mass is 412 g/mol. The van der Waals surface area contributed by atoms with E-state index in [0.29, 0.717) is 51.0 Å². The molecular formula is C20H29ClN2O5. The van der Waals surface area contributed by atoms with Crippen molar-refractivity contribution < 1.29 is 23.9 Å². The van der Waals surface area contributed by atoms with E-state index in [-0.39, 0.29) is 29.5 Å². The number of hydrogen-bond donors (Lipinski definition) is 0. The summed E-state index contributed by atoms with van der Waals surface area (Å²) in [4.78, 5) is 40.1. The largest absolute Gasteiger partial charge is 0.455 e. The number of nitrogens with zero attached hydrogens (tertiary/aromatic N) is 2. The third-order valence-electron chi connectivity index (χ3n) is 6.91. The zero-order valence-electron chi connectivity index (χ0n) is 16.5. The standard InChI is InChI=1S/C20H29ClN2O5/c1-2-27-18(26)23-5-3-22(4-6-23)16(24)12-28-17(25)19-8-14-7-15(9-19)11-20(21,10-14)13-19/h14-15H,2-13H2,1H3/t14-,15+,19?,20?. The SMILES string of the molecule is CCOC(=O)N1CCN(C(=O)COC(=O)C23C[C@@H]4C[C@@H](CC(Cl)(C4)C2)C3)CC1. The topological polar surface area (TPSA) is 76.2 Å². The Kier molecular flexibility index (Phi) is 5.23. The van der Waals surface area contributed by atoms with Crippen LogP contribution in [-0.2, 0) is 19.1 Å². The van der Waals surface area contributed by atoms with E-state index in [1.807, 2.05) is 0 Å². The molecule has 5 fully saturated rings. The first kappa shape index (κ1) is 19.8. The third kappa shape index (κ3) is 3.70. The van der Waals surface area contributed by atoms with Crippen LogP contribution in [-0.4, -0.2) is 72.0 Å². The predicted octanol–water partition coefficient (Wildman–Crippen LogP) is 2.41. The van der Waals surface area contributed by atoms with E-state index in [2.05, 4.69) is 0 Å². The van der Waals surface area contributed by atoms with Crippen LogP contribution >= 0.6 is 11.6 Å². The number of amides is 2. The average Bonchev–Trinajstić information content (AvgIpc) is 2.64. The lowest BCUT2D eigenvalue weighted by molar-refractivity contribution is -0.173. The lowest BCUT2D eigenvalue weighted by Crippen LogP contribution is -2.56. The van der Waals surface area contributed by atoms with Crippen molar-refractivity contribution in [2.24, 2.45) is 17.3 Å². The zero-order valence-corrected chi connectivity index (χ0v) is 17.2. The number of ether oxygens (including phenoxy) is 2. The van der Waals surface area contributed by atoms with Gasteiger partial charge in [-0.1, -0.05) is 0 Å². The summed E-state index contributed by atoms with van der Waals surface area (Å²) in [7, 11) is 0. The number of alkyl halides is 1. The summed E-state index contributed by atoms with van der Waals surface area (Å²) in [6.07, 6.45) is 5.21. The molecule has 1 aliphatic heterocycles. The molecule has 2 unspecified atom stereocenters. The molecule has 0 aromatic rings. The summed E-state index contributed by atoms with van der Waals surface area (Å²) in [5.41, 5.74) is -0.491. The second-order valence-electron chi connectivity index (χ2n) is 9.04. The van der Waals surface area contributed by atoms with Gasteiger partial charge in [0.1, 0.15) is 0 Å². The van der Waals surface area contributed by atoms with E-state index in [1.54, 1.807) is 16.7 Å². The minimum atomic E-state index is -0.491. The molecule has 4 bridgehead atoms. The van der Waals surface area contributed by atoms with Gasteiger partial charge in [0.15, 0.2) is 6.61 Å². The van der Waals surface area contributed by atoms with Crippen LogP contribution in [0.3, 0.4) is 0 Å². The van der Waals surface area contributed by atoms with Crippen molar-refractivity contribution >= 4 is 29.6 Å². The van der Waals surface area contributed by atoms with Crippen LogP contribution in [0.2, 0.25) is 0 Å². The van der Waals surface area contributed by atoms with Crippen LogP contribution in [0.4, 0.5) is 4.79 Å². The zero-order chi connectivity index (χ0) is 19.9. The Morgan fingerprint density at radius 2 is 1.57 bits per heavy atom. The summed E-state index contributed by atoms with van der Waals surface area (Å²) in [5.74, 6) is 0.572. The first-order valence-corrected chi connectivity index (χ1v) is 10.8. The van der Waals surface area contributed by atoms with Gasteiger partial charge < -0.3 is 19.3 Å². The summed E-state index contributed by atoms with van der Waals surface area (Å²) in [6, 6.07) is 0. The van der Waals surface area contributed by atoms with Gasteiger partial charge in [0, 0.05) is 31.1 Å². The number of esters is 1. The molecule has 1 saturated heterocycles. The smallest absolute Gasteiger partial charge is 0.409 e. The highest BCUT2D eigenvalue weighted by Crippen LogP contribution is 2.64. The van der Waals surface area contributed by atoms with Gasteiger partial charge in [-0.2, -0.15) is 0 Å². The minimum absolute atomic E-state index is 0.206. The molecule has 4 atom stereocenters. The fourth-order valence-electron chi connectivity index (χ4n) is 6.11. The Hall–Kier alpha value is -1.50. The van der Waals surface area contributed by atoms with Gasteiger partial charge in [0.2, 0.25) is 0 Å². The molecule has 4 saturated carbocycles. The van der Waals surface area contributed by atoms with E-state index in [9.17, 15) is 14.4 Å². The fraction of sp³-hybridized carbons (Fsp3) is 0.850. The van der Waals surface area contributed by atoms with E-state index in [1.165, 1.54) is 6.42 Å². The Labute approximate surface area is 170 Å². The summed E-state index contributed by atoms with van der Waals surface area (Å²) in [5, 5.41) is 0. The van der Waals surface area contributed by atoms with Crippen molar-refractivity contribution in [3.05, 3.63) is 0 Å². The summed E-state index contributed by atoms with van der Waals surface area (Å²) < 4.78 is 10.5. The molecule has 0 N–H and O–H groups in total. The number of carbonyl (C=O) groups is 3. The Balaban J connectivity index is 1.28. The van der Waals surface area contributed by atoms with Crippen molar-refractivity contribution in [2.45, 2.75) is 50.3 Å². The summed E-state index contributed by atoms with van der Waals surface area (Å²) >= 11 is 6.79. The number of rotatable bonds is 4. The predicted molar refractivity (Wildman–Crippen MR) is 102 cm³/mol. The normalized spacial score (nSPS) is 36.4. The maximum Gasteiger partial charge on any atom is 0.409 e. The summed E-state index contributed by atoms with van der Waals surface area (Å²) in [6.45, 7) is 3.58. The van der Waals surface area contributed by atoms with Gasteiger partial charge in [-0.25, -0.2) is 4.79 Å². The van der Waals surface area contributed by atoms with Gasteiger partial charge in [-0.05, 0) is 57.3 Å². The molecular weight excluding hydrogens is 384 g/mol. The molecule has 5 aliphatic rings. The third-order valence-corrected chi connectivity index (χ3v) is 7.35. The van der Waals surface area contributed by atoms with Crippen LogP contribution in [0, 0.1) is 17.3 Å². The van der Waals surface area contributed by atoms with Gasteiger partial charge >= 0.3 is 12.1 Å². The van der Waals surface area contributed by atoms with Crippen molar-refractivity contribution in [2.75, 3.05) is 39.4 Å². The van der Waals surface area contributed by atoms with Gasteiger partial charge in [-0.15, -0.1) is 11.6 Å². The minimum Gasteiger partial charge on any atom is -0.455 e. The lowest BCUT2D eigenvalue weighted by atomic mass is 9.49. The molecule has 28 heavy (non-hydrogen) atoms. The molecule has 5 rings (SSSR count). The molecule has 0 radical (unpaired) electrons. The van der Waals surface area contributed by atoms with Crippen LogP contribution < -0.4 is 0 Å². The maximum absolute atomic E-state index is 12.9. The Morgan fingerprint density at radius 3 is 2.14 bits per heavy atom. The first-order valence-electron chi connectivity index (χ1n) is 10.4. The van der Waals surface area contributed by atoms with Crippen LogP contribution in [0.15, 0.2) is 0 Å². The van der Waals surface area contributed by atoms with E-state index < -0.39 is 5.41 Å². The molecule has 8 heteroatoms. The van der Waals surface area contributed by atoms with E-state index in [0.717, 1.165) is 25.7 Å². The number of piperazine rings is 1. The molecule has 7 nitrogen and oxygen atoms in total. The van der Waals surface area contributed by atoms with E-state index >= 15 is 0 Å². The molecule has 2 amide bonds. The molecule has 156 valence electrons. The molecule has 0 spiro atoms. The number of halogens is 1. The Morgan fingerprint density at radius 1 is 0.964 bits per heavy atom. The number of carbonyl (C=O) groups excluding carboxylic acids is 3. The van der Waals surface area contributed by atoms with Crippen molar-refractivity contribution in [3.63, 3.8) is 0 Å². The van der Waals surface area contributed by atoms with E-state index in [4.69, 9.17) is 21.1 Å². The molecule has 0 aromatic carbocycles. The highest BCUT2D eigenvalue weighted by atomic mass is 35.5. The van der Waals surface area contributed by atoms with Crippen molar-refractivity contribution in [1.29, 1.82) is 0 Å². The van der Waals surface area contributed by atoms with Gasteiger partial charge in [-0.3, -0.25) is 9.59 Å². The van der Waals surface area contributed by atoms with Crippen LogP contribution in [0.1, 0.15) is 45.4 Å². The van der Waals surface area contributed by atoms with Crippen LogP contribution in [0.5, 0.6) is 0 Å². The maximum atomic E-state index is 12.9. The second-order valence-corrected chi connectivity index (χ2v) is 9.84. The highest BCUT2D eigenvalue weighted by molar-refractivity contribution is 6.24. The van der Waals surface area contributed by atoms with Gasteiger partial charge in [0.25, 0.3) is 5.91 Å².